The molecule has 0 N–H and O–H groups in total. The molecule has 8 rings (SSSR count). The van der Waals surface area contributed by atoms with Crippen LogP contribution in [0.25, 0.3) is 32.9 Å². The minimum absolute atomic E-state index is 0.0220. The zero-order valence-electron chi connectivity index (χ0n) is 45.2. The van der Waals surface area contributed by atoms with Crippen molar-refractivity contribution in [1.82, 2.24) is 29.7 Å². The molecule has 0 radical (unpaired) electrons. The molecule has 2 unspecified atom stereocenters. The van der Waals surface area contributed by atoms with Crippen molar-refractivity contribution in [3.05, 3.63) is 83.6 Å². The van der Waals surface area contributed by atoms with Gasteiger partial charge in [-0.2, -0.15) is 9.97 Å². The number of ether oxygens (including phenoxy) is 4. The van der Waals surface area contributed by atoms with Crippen molar-refractivity contribution in [1.29, 1.82) is 0 Å². The van der Waals surface area contributed by atoms with Gasteiger partial charge in [-0.15, -0.1) is 5.54 Å². The normalized spacial score (nSPS) is 18.3. The van der Waals surface area contributed by atoms with Crippen LogP contribution in [0.2, 0.25) is 16.6 Å². The lowest BCUT2D eigenvalue weighted by Gasteiger charge is -2.42. The van der Waals surface area contributed by atoms with Crippen molar-refractivity contribution in [2.24, 2.45) is 11.8 Å². The lowest BCUT2D eigenvalue weighted by molar-refractivity contribution is 0.0122. The Hall–Kier alpha value is -5.40. The van der Waals surface area contributed by atoms with E-state index in [2.05, 4.69) is 112 Å². The molecule has 2 aromatic heterocycles. The molecule has 0 aliphatic carbocycles. The molecule has 3 saturated heterocycles. The molecule has 3 atom stereocenters. The average Bonchev–Trinajstić information content (AvgIpc) is 3.61. The summed E-state index contributed by atoms with van der Waals surface area (Å²) in [6, 6.07) is 16.9. The van der Waals surface area contributed by atoms with E-state index in [0.29, 0.717) is 69.6 Å². The van der Waals surface area contributed by atoms with Gasteiger partial charge in [0.05, 0.1) is 29.6 Å². The van der Waals surface area contributed by atoms with E-state index in [0.717, 1.165) is 52.1 Å². The number of amides is 1. The largest absolute Gasteiger partial charge is 0.468 e. The van der Waals surface area contributed by atoms with Gasteiger partial charge in [0.15, 0.2) is 12.6 Å². The maximum Gasteiger partial charge on any atom is 0.410 e. The summed E-state index contributed by atoms with van der Waals surface area (Å²) in [6.45, 7) is 30.1. The summed E-state index contributed by atoms with van der Waals surface area (Å²) in [7, 11) is -0.800. The number of fused-ring (bicyclic) bond motifs is 4. The Labute approximate surface area is 433 Å². The lowest BCUT2D eigenvalue weighted by Crippen LogP contribution is -2.57. The number of benzene rings is 3. The Balaban J connectivity index is 1.20. The summed E-state index contributed by atoms with van der Waals surface area (Å²) in [5.41, 5.74) is 5.80. The molecule has 2 bridgehead atoms. The molecule has 5 aromatic rings. The molecule has 12 nitrogen and oxygen atoms in total. The van der Waals surface area contributed by atoms with Crippen LogP contribution in [0, 0.1) is 34.9 Å². The Morgan fingerprint density at radius 3 is 2.12 bits per heavy atom. The maximum atomic E-state index is 18.1. The number of hydrogen-bond donors (Lipinski definition) is 0. The first-order chi connectivity index (χ1) is 34.8. The van der Waals surface area contributed by atoms with Gasteiger partial charge in [0.2, 0.25) is 0 Å². The van der Waals surface area contributed by atoms with Crippen LogP contribution < -0.4 is 14.4 Å². The predicted octanol–water partition coefficient (Wildman–Crippen LogP) is 11.7. The second kappa shape index (κ2) is 22.6. The minimum atomic E-state index is -2.33. The summed E-state index contributed by atoms with van der Waals surface area (Å²) in [4.78, 5) is 37.4. The van der Waals surface area contributed by atoms with Gasteiger partial charge in [-0.25, -0.2) is 13.6 Å². The van der Waals surface area contributed by atoms with E-state index in [1.807, 2.05) is 25.7 Å². The van der Waals surface area contributed by atoms with Gasteiger partial charge < -0.3 is 28.7 Å². The van der Waals surface area contributed by atoms with Gasteiger partial charge >= 0.3 is 12.1 Å². The molecule has 3 aromatic carbocycles. The highest BCUT2D eigenvalue weighted by Gasteiger charge is 2.46. The van der Waals surface area contributed by atoms with Gasteiger partial charge in [0, 0.05) is 82.5 Å². The van der Waals surface area contributed by atoms with E-state index in [9.17, 15) is 4.79 Å². The standard InChI is InChI=1S/C58H77F2N7O5Si/c1-37(2)43(32-65-25-23-64(24-26-65)31-41-16-14-13-15-17-41)35-70-56-62-54-49(55(63-56)66-33-44-19-20-45(34-66)67(44)57(68)72-58(9,10)11)30-61-53(52(54)60)48-29-46(71-36-69-12)28-42-18-21-50(59)47(51(42)48)22-27-73(38(3)4,39(5)6)40(7)8/h13-18,21,28-30,37-40,43-45H,19-20,23-26,31-36H2,1-12H3/t43-,44?,45?/m1/s1. The van der Waals surface area contributed by atoms with Crippen molar-refractivity contribution < 1.29 is 32.5 Å². The SMILES string of the molecule is COCOc1cc(-c2ncc3c(N4CC5CCC(C4)N5C(=O)OC(C)(C)C)nc(OC[C@@H](CN4CCN(Cc5ccccc5)CC4)C(C)C)nc3c2F)c2c(C#C[Si](C(C)C)(C(C)C)C(C)C)c(F)ccc2c1. The fourth-order valence-corrected chi connectivity index (χ4v) is 16.9. The number of anilines is 1. The average molecular weight is 1020 g/mol. The van der Waals surface area contributed by atoms with Gasteiger partial charge in [0.1, 0.15) is 42.3 Å². The molecule has 73 heavy (non-hydrogen) atoms. The van der Waals surface area contributed by atoms with E-state index in [1.165, 1.54) is 18.7 Å². The number of pyridine rings is 1. The highest BCUT2D eigenvalue weighted by atomic mass is 28.3. The van der Waals surface area contributed by atoms with Crippen LogP contribution in [0.5, 0.6) is 11.8 Å². The monoisotopic (exact) mass is 1020 g/mol. The Kier molecular flexibility index (Phi) is 16.7. The Bertz CT molecular complexity index is 2770. The number of nitrogens with zero attached hydrogens (tertiary/aromatic N) is 7. The van der Waals surface area contributed by atoms with Crippen molar-refractivity contribution >= 4 is 41.7 Å². The fourth-order valence-electron chi connectivity index (χ4n) is 11.7. The van der Waals surface area contributed by atoms with Crippen LogP contribution in [0.4, 0.5) is 19.4 Å². The maximum absolute atomic E-state index is 18.1. The molecule has 0 spiro atoms. The number of rotatable bonds is 16. The molecule has 1 amide bonds. The highest BCUT2D eigenvalue weighted by molar-refractivity contribution is 6.90. The number of aromatic nitrogens is 3. The molecule has 3 fully saturated rings. The lowest BCUT2D eigenvalue weighted by atomic mass is 9.95. The first-order valence-corrected chi connectivity index (χ1v) is 28.7. The van der Waals surface area contributed by atoms with Crippen molar-refractivity contribution in [3.8, 4) is 34.5 Å². The van der Waals surface area contributed by atoms with Crippen LogP contribution in [-0.2, 0) is 16.0 Å². The smallest absolute Gasteiger partial charge is 0.410 e. The topological polar surface area (TPSA) is 106 Å². The van der Waals surface area contributed by atoms with Crippen LogP contribution >= 0.6 is 0 Å². The molecular formula is C58H77F2N7O5Si. The molecule has 392 valence electrons. The van der Waals surface area contributed by atoms with E-state index in [4.69, 9.17) is 33.9 Å². The summed E-state index contributed by atoms with van der Waals surface area (Å²) in [5.74, 6) is 3.45. The number of halogens is 2. The van der Waals surface area contributed by atoms with E-state index in [-0.39, 0.29) is 59.6 Å². The van der Waals surface area contributed by atoms with Crippen molar-refractivity contribution in [2.75, 3.05) is 71.2 Å². The fraction of sp³-hybridized carbons (Fsp3) is 0.552. The van der Waals surface area contributed by atoms with Gasteiger partial charge in [-0.1, -0.05) is 97.7 Å². The summed E-state index contributed by atoms with van der Waals surface area (Å²) in [6.07, 6.45) is 2.87. The van der Waals surface area contributed by atoms with Crippen LogP contribution in [-0.4, -0.2) is 128 Å². The first-order valence-electron chi connectivity index (χ1n) is 26.4. The number of carbonyl (C=O) groups is 1. The van der Waals surface area contributed by atoms with Crippen molar-refractivity contribution in [3.63, 3.8) is 0 Å². The molecule has 15 heteroatoms. The minimum Gasteiger partial charge on any atom is -0.468 e. The molecule has 3 aliphatic rings. The van der Waals surface area contributed by atoms with Gasteiger partial charge in [-0.3, -0.25) is 14.8 Å². The summed E-state index contributed by atoms with van der Waals surface area (Å²) >= 11 is 0. The Morgan fingerprint density at radius 2 is 1.51 bits per heavy atom. The van der Waals surface area contributed by atoms with Gasteiger partial charge in [0.25, 0.3) is 0 Å². The number of piperazine rings is 2. The third kappa shape index (κ3) is 11.8. The quantitative estimate of drug-likeness (QED) is 0.0536. The summed E-state index contributed by atoms with van der Waals surface area (Å²) < 4.78 is 58.4. The van der Waals surface area contributed by atoms with Gasteiger partial charge in [-0.05, 0) is 85.3 Å². The molecule has 3 aliphatic heterocycles. The summed E-state index contributed by atoms with van der Waals surface area (Å²) in [5, 5.41) is 1.45. The Morgan fingerprint density at radius 1 is 0.849 bits per heavy atom. The number of carbonyl (C=O) groups excluding carboxylic acids is 1. The van der Waals surface area contributed by atoms with Crippen LogP contribution in [0.15, 0.2) is 60.8 Å². The van der Waals surface area contributed by atoms with Crippen LogP contribution in [0.3, 0.4) is 0 Å². The second-order valence-electron chi connectivity index (χ2n) is 22.8. The zero-order valence-corrected chi connectivity index (χ0v) is 46.2. The van der Waals surface area contributed by atoms with E-state index in [1.54, 1.807) is 24.4 Å². The molecular weight excluding hydrogens is 941 g/mol. The molecule has 5 heterocycles. The third-order valence-electron chi connectivity index (χ3n) is 15.5. The second-order valence-corrected chi connectivity index (χ2v) is 28.3. The third-order valence-corrected chi connectivity index (χ3v) is 21.8. The number of methoxy groups -OCH3 is 1. The van der Waals surface area contributed by atoms with E-state index >= 15 is 8.78 Å². The molecule has 0 saturated carbocycles. The zero-order chi connectivity index (χ0) is 52.4. The van der Waals surface area contributed by atoms with Crippen LogP contribution in [0.1, 0.15) is 100 Å². The first kappa shape index (κ1) is 53.9. The predicted molar refractivity (Wildman–Crippen MR) is 290 cm³/mol. The van der Waals surface area contributed by atoms with E-state index < -0.39 is 25.3 Å². The number of hydrogen-bond acceptors (Lipinski definition) is 11. The highest BCUT2D eigenvalue weighted by Crippen LogP contribution is 2.43. The van der Waals surface area contributed by atoms with Crippen molar-refractivity contribution in [2.45, 2.75) is 130 Å².